The van der Waals surface area contributed by atoms with E-state index in [1.807, 2.05) is 18.2 Å². The van der Waals surface area contributed by atoms with Crippen LogP contribution in [-0.4, -0.2) is 29.8 Å². The number of hydrogen-bond acceptors (Lipinski definition) is 6. The van der Waals surface area contributed by atoms with E-state index in [1.165, 1.54) is 29.3 Å². The highest BCUT2D eigenvalue weighted by Crippen LogP contribution is 2.46. The van der Waals surface area contributed by atoms with E-state index < -0.39 is 6.61 Å². The predicted octanol–water partition coefficient (Wildman–Crippen LogP) is 4.05. The van der Waals surface area contributed by atoms with Crippen molar-refractivity contribution in [1.29, 1.82) is 5.26 Å². The molecule has 1 aliphatic carbocycles. The molecule has 30 heavy (non-hydrogen) atoms. The van der Waals surface area contributed by atoms with Crippen LogP contribution in [0.1, 0.15) is 29.5 Å². The maximum atomic E-state index is 12.5. The van der Waals surface area contributed by atoms with Gasteiger partial charge in [-0.15, -0.1) is 0 Å². The molecular formula is C22H18F2N4O2. The minimum atomic E-state index is -3.00. The number of nitrogens with zero attached hydrogens (tertiary/aromatic N) is 3. The minimum Gasteiger partial charge on any atom is -0.433 e. The van der Waals surface area contributed by atoms with Crippen molar-refractivity contribution < 1.29 is 18.0 Å². The summed E-state index contributed by atoms with van der Waals surface area (Å²) in [4.78, 5) is 4.52. The van der Waals surface area contributed by atoms with Gasteiger partial charge in [0.2, 0.25) is 5.82 Å². The molecule has 0 bridgehead atoms. The van der Waals surface area contributed by atoms with E-state index in [0.717, 1.165) is 37.9 Å². The largest absolute Gasteiger partial charge is 0.433 e. The number of nitriles is 1. The average Bonchev–Trinajstić information content (AvgIpc) is 3.49. The van der Waals surface area contributed by atoms with Crippen LogP contribution in [-0.2, 0) is 11.8 Å². The Morgan fingerprint density at radius 2 is 2.13 bits per heavy atom. The number of rotatable bonds is 4. The van der Waals surface area contributed by atoms with Crippen LogP contribution in [0.5, 0.6) is 5.75 Å². The smallest absolute Gasteiger partial charge is 0.387 e. The van der Waals surface area contributed by atoms with Crippen molar-refractivity contribution in [1.82, 2.24) is 15.5 Å². The number of benzene rings is 2. The van der Waals surface area contributed by atoms with E-state index in [0.29, 0.717) is 11.4 Å². The van der Waals surface area contributed by atoms with Crippen LogP contribution in [0.2, 0.25) is 0 Å². The zero-order chi connectivity index (χ0) is 20.7. The lowest BCUT2D eigenvalue weighted by molar-refractivity contribution is -0.0500. The second kappa shape index (κ2) is 7.18. The summed E-state index contributed by atoms with van der Waals surface area (Å²) in [5.74, 6) is 0.515. The Labute approximate surface area is 171 Å². The number of ether oxygens (including phenoxy) is 1. The molecule has 1 N–H and O–H groups in total. The van der Waals surface area contributed by atoms with Crippen molar-refractivity contribution in [2.24, 2.45) is 0 Å². The molecule has 1 saturated heterocycles. The second-order valence-electron chi connectivity index (χ2n) is 7.66. The fourth-order valence-electron chi connectivity index (χ4n) is 4.65. The van der Waals surface area contributed by atoms with E-state index in [1.54, 1.807) is 0 Å². The van der Waals surface area contributed by atoms with Gasteiger partial charge in [0.25, 0.3) is 5.89 Å². The maximum absolute atomic E-state index is 12.5. The summed E-state index contributed by atoms with van der Waals surface area (Å²) in [6, 6.07) is 12.3. The Balaban J connectivity index is 1.49. The first-order valence-corrected chi connectivity index (χ1v) is 9.76. The number of halogens is 2. The summed E-state index contributed by atoms with van der Waals surface area (Å²) in [6.07, 6.45) is 3.20. The Hall–Kier alpha value is -3.31. The van der Waals surface area contributed by atoms with Crippen molar-refractivity contribution >= 4 is 0 Å². The highest BCUT2D eigenvalue weighted by Gasteiger charge is 2.42. The zero-order valence-corrected chi connectivity index (χ0v) is 16.0. The molecule has 0 radical (unpaired) electrons. The number of hydrogen-bond donors (Lipinski definition) is 1. The first kappa shape index (κ1) is 18.7. The summed E-state index contributed by atoms with van der Waals surface area (Å²) >= 11 is 0. The highest BCUT2D eigenvalue weighted by atomic mass is 19.3. The normalized spacial score (nSPS) is 19.9. The van der Waals surface area contributed by atoms with E-state index in [-0.39, 0.29) is 22.6 Å². The fraction of sp³-hybridized carbons (Fsp3) is 0.318. The van der Waals surface area contributed by atoms with Gasteiger partial charge in [0.15, 0.2) is 0 Å². The van der Waals surface area contributed by atoms with Crippen LogP contribution < -0.4 is 10.1 Å². The highest BCUT2D eigenvalue weighted by molar-refractivity contribution is 5.67. The van der Waals surface area contributed by atoms with E-state index >= 15 is 0 Å². The Morgan fingerprint density at radius 1 is 1.23 bits per heavy atom. The Morgan fingerprint density at radius 3 is 2.90 bits per heavy atom. The van der Waals surface area contributed by atoms with Crippen molar-refractivity contribution in [2.75, 3.05) is 13.1 Å². The lowest BCUT2D eigenvalue weighted by Crippen LogP contribution is -2.25. The zero-order valence-electron chi connectivity index (χ0n) is 16.0. The molecule has 1 aromatic heterocycles. The van der Waals surface area contributed by atoms with Crippen LogP contribution in [0.25, 0.3) is 22.8 Å². The van der Waals surface area contributed by atoms with Gasteiger partial charge in [-0.05, 0) is 55.1 Å². The molecule has 1 aliphatic heterocycles. The Bertz CT molecular complexity index is 1150. The molecule has 6 nitrogen and oxygen atoms in total. The molecule has 1 fully saturated rings. The van der Waals surface area contributed by atoms with Gasteiger partial charge in [-0.3, -0.25) is 0 Å². The molecule has 2 aromatic carbocycles. The number of aromatic nitrogens is 2. The molecule has 1 atom stereocenters. The van der Waals surface area contributed by atoms with Gasteiger partial charge in [-0.25, -0.2) is 0 Å². The second-order valence-corrected chi connectivity index (χ2v) is 7.66. The van der Waals surface area contributed by atoms with Crippen molar-refractivity contribution in [3.63, 3.8) is 0 Å². The maximum Gasteiger partial charge on any atom is 0.387 e. The van der Waals surface area contributed by atoms with E-state index in [4.69, 9.17) is 4.52 Å². The standard InChI is InChI=1S/C22H18F2N4O2/c23-21(24)29-18-5-4-13(10-14(18)11-25)20-27-19(28-30-20)16-2-1-3-17-15(16)6-7-22(17)8-9-26-12-22/h1-5,10,21,26H,6-9,12H2. The van der Waals surface area contributed by atoms with Gasteiger partial charge in [0, 0.05) is 23.1 Å². The summed E-state index contributed by atoms with van der Waals surface area (Å²) < 4.78 is 34.8. The molecule has 152 valence electrons. The number of nitrogens with one attached hydrogen (secondary N) is 1. The summed E-state index contributed by atoms with van der Waals surface area (Å²) in [6.45, 7) is -0.982. The predicted molar refractivity (Wildman–Crippen MR) is 104 cm³/mol. The lowest BCUT2D eigenvalue weighted by atomic mass is 9.81. The van der Waals surface area contributed by atoms with Gasteiger partial charge in [-0.1, -0.05) is 23.4 Å². The fourth-order valence-corrected chi connectivity index (χ4v) is 4.65. The molecule has 3 aromatic rings. The van der Waals surface area contributed by atoms with Crippen LogP contribution in [0.15, 0.2) is 40.9 Å². The molecule has 2 aliphatic rings. The minimum absolute atomic E-state index is 0.0242. The van der Waals surface area contributed by atoms with E-state index in [9.17, 15) is 14.0 Å². The topological polar surface area (TPSA) is 84.0 Å². The van der Waals surface area contributed by atoms with Crippen LogP contribution in [0.3, 0.4) is 0 Å². The summed E-state index contributed by atoms with van der Waals surface area (Å²) in [7, 11) is 0. The molecule has 1 unspecified atom stereocenters. The van der Waals surface area contributed by atoms with Crippen molar-refractivity contribution in [2.45, 2.75) is 31.3 Å². The van der Waals surface area contributed by atoms with Crippen molar-refractivity contribution in [3.05, 3.63) is 53.1 Å². The summed E-state index contributed by atoms with van der Waals surface area (Å²) in [5, 5.41) is 16.9. The van der Waals surface area contributed by atoms with Crippen LogP contribution >= 0.6 is 0 Å². The van der Waals surface area contributed by atoms with Crippen LogP contribution in [0.4, 0.5) is 8.78 Å². The van der Waals surface area contributed by atoms with Crippen LogP contribution in [0, 0.1) is 11.3 Å². The molecule has 5 rings (SSSR count). The molecule has 2 heterocycles. The first-order valence-electron chi connectivity index (χ1n) is 9.76. The Kier molecular flexibility index (Phi) is 4.48. The van der Waals surface area contributed by atoms with Gasteiger partial charge < -0.3 is 14.6 Å². The molecular weight excluding hydrogens is 390 g/mol. The van der Waals surface area contributed by atoms with E-state index in [2.05, 4.69) is 26.3 Å². The van der Waals surface area contributed by atoms with Crippen molar-refractivity contribution in [3.8, 4) is 34.7 Å². The van der Waals surface area contributed by atoms with Gasteiger partial charge >= 0.3 is 6.61 Å². The number of alkyl halides is 2. The molecule has 1 spiro atoms. The SMILES string of the molecule is N#Cc1cc(-c2nc(-c3cccc4c3CCC43CCNC3)no2)ccc1OC(F)F. The lowest BCUT2D eigenvalue weighted by Gasteiger charge is -2.23. The quantitative estimate of drug-likeness (QED) is 0.701. The third-order valence-corrected chi connectivity index (χ3v) is 6.07. The van der Waals surface area contributed by atoms with Gasteiger partial charge in [0.05, 0.1) is 5.56 Å². The third kappa shape index (κ3) is 3.02. The van der Waals surface area contributed by atoms with Gasteiger partial charge in [-0.2, -0.15) is 19.0 Å². The average molecular weight is 408 g/mol. The van der Waals surface area contributed by atoms with Gasteiger partial charge in [0.1, 0.15) is 11.8 Å². The summed E-state index contributed by atoms with van der Waals surface area (Å²) in [5.41, 5.74) is 4.20. The first-order chi connectivity index (χ1) is 14.6. The third-order valence-electron chi connectivity index (χ3n) is 6.07. The molecule has 0 saturated carbocycles. The molecule has 8 heteroatoms. The molecule has 0 amide bonds. The number of fused-ring (bicyclic) bond motifs is 2. The monoisotopic (exact) mass is 408 g/mol.